The van der Waals surface area contributed by atoms with E-state index >= 15 is 0 Å². The first-order valence-corrected chi connectivity index (χ1v) is 7.57. The van der Waals surface area contributed by atoms with Crippen molar-refractivity contribution in [3.05, 3.63) is 5.38 Å². The molecule has 96 valence electrons. The fraction of sp³-hybridized carbons (Fsp3) is 0.600. The van der Waals surface area contributed by atoms with E-state index in [2.05, 4.69) is 11.8 Å². The molecule has 0 spiro atoms. The van der Waals surface area contributed by atoms with Crippen molar-refractivity contribution in [2.75, 3.05) is 38.5 Å². The van der Waals surface area contributed by atoms with Crippen LogP contribution in [0.1, 0.15) is 6.92 Å². The number of hydrogen-bond acceptors (Lipinski definition) is 5. The molecule has 2 rings (SSSR count). The minimum Gasteiger partial charge on any atom is -0.504 e. The molecule has 2 heterocycles. The van der Waals surface area contributed by atoms with Crippen LogP contribution in [0.5, 0.6) is 5.75 Å². The van der Waals surface area contributed by atoms with E-state index in [4.69, 9.17) is 5.73 Å². The molecule has 0 bridgehead atoms. The van der Waals surface area contributed by atoms with Gasteiger partial charge in [0.05, 0.1) is 5.69 Å². The summed E-state index contributed by atoms with van der Waals surface area (Å²) in [5.74, 6) is -0.0220. The first-order chi connectivity index (χ1) is 8.13. The van der Waals surface area contributed by atoms with Gasteiger partial charge in [-0.1, -0.05) is 6.92 Å². The van der Waals surface area contributed by atoms with Crippen LogP contribution in [-0.2, 0) is 11.0 Å². The number of piperazine rings is 1. The summed E-state index contributed by atoms with van der Waals surface area (Å²) in [6, 6.07) is 0. The predicted molar refractivity (Wildman–Crippen MR) is 70.5 cm³/mol. The van der Waals surface area contributed by atoms with Gasteiger partial charge < -0.3 is 15.7 Å². The van der Waals surface area contributed by atoms with E-state index in [1.54, 1.807) is 5.38 Å². The van der Waals surface area contributed by atoms with E-state index in [1.165, 1.54) is 11.3 Å². The molecule has 1 atom stereocenters. The lowest BCUT2D eigenvalue weighted by atomic mass is 10.4. The van der Waals surface area contributed by atoms with Crippen molar-refractivity contribution >= 4 is 28.0 Å². The summed E-state index contributed by atoms with van der Waals surface area (Å²) < 4.78 is 14.6. The highest BCUT2D eigenvalue weighted by atomic mass is 32.2. The first kappa shape index (κ1) is 12.8. The Bertz CT molecular complexity index is 414. The summed E-state index contributed by atoms with van der Waals surface area (Å²) in [4.78, 5) is 2.32. The maximum atomic E-state index is 12.2. The summed E-state index contributed by atoms with van der Waals surface area (Å²) in [7, 11) is -1.28. The number of nitrogens with two attached hydrogens (primary N) is 1. The Morgan fingerprint density at radius 1 is 1.47 bits per heavy atom. The zero-order valence-corrected chi connectivity index (χ0v) is 11.4. The predicted octanol–water partition coefficient (Wildman–Crippen LogP) is 0.696. The SMILES string of the molecule is CCN1CCN(S(=O)c2scc(N)c2O)CC1. The van der Waals surface area contributed by atoms with Crippen LogP contribution in [0.3, 0.4) is 0 Å². The monoisotopic (exact) mass is 275 g/mol. The largest absolute Gasteiger partial charge is 0.504 e. The van der Waals surface area contributed by atoms with Crippen molar-refractivity contribution in [3.63, 3.8) is 0 Å². The molecular weight excluding hydrogens is 258 g/mol. The van der Waals surface area contributed by atoms with Crippen molar-refractivity contribution in [2.24, 2.45) is 0 Å². The normalized spacial score (nSPS) is 20.5. The molecule has 1 aromatic rings. The minimum absolute atomic E-state index is 0.0220. The van der Waals surface area contributed by atoms with Crippen LogP contribution >= 0.6 is 11.3 Å². The smallest absolute Gasteiger partial charge is 0.167 e. The third-order valence-corrected chi connectivity index (χ3v) is 5.77. The van der Waals surface area contributed by atoms with E-state index < -0.39 is 11.0 Å². The first-order valence-electron chi connectivity index (χ1n) is 5.58. The highest BCUT2D eigenvalue weighted by Crippen LogP contribution is 2.35. The number of thiophene rings is 1. The number of hydrogen-bond donors (Lipinski definition) is 2. The third kappa shape index (κ3) is 2.62. The van der Waals surface area contributed by atoms with Gasteiger partial charge in [-0.15, -0.1) is 11.3 Å². The average Bonchev–Trinajstić information content (AvgIpc) is 2.69. The second-order valence-corrected chi connectivity index (χ2v) is 6.50. The number of rotatable bonds is 3. The fourth-order valence-electron chi connectivity index (χ4n) is 1.80. The number of likely N-dealkylation sites (N-methyl/N-ethyl adjacent to an activating group) is 1. The van der Waals surface area contributed by atoms with Crippen molar-refractivity contribution < 1.29 is 9.32 Å². The summed E-state index contributed by atoms with van der Waals surface area (Å²) in [5, 5.41) is 11.3. The average molecular weight is 275 g/mol. The lowest BCUT2D eigenvalue weighted by molar-refractivity contribution is 0.201. The summed E-state index contributed by atoms with van der Waals surface area (Å²) >= 11 is 1.25. The van der Waals surface area contributed by atoms with Crippen molar-refractivity contribution in [1.82, 2.24) is 9.21 Å². The maximum absolute atomic E-state index is 12.2. The van der Waals surface area contributed by atoms with Crippen molar-refractivity contribution in [3.8, 4) is 5.75 Å². The zero-order chi connectivity index (χ0) is 12.4. The van der Waals surface area contributed by atoms with E-state index in [9.17, 15) is 9.32 Å². The molecule has 1 aliphatic rings. The molecule has 1 saturated heterocycles. The Labute approximate surface area is 107 Å². The zero-order valence-electron chi connectivity index (χ0n) is 9.76. The standard InChI is InChI=1S/C10H17N3O2S2/c1-2-12-3-5-13(6-4-12)17(15)10-9(14)8(11)7-16-10/h7,14H,2-6,11H2,1H3. The van der Waals surface area contributed by atoms with Crippen LogP contribution < -0.4 is 5.73 Å². The molecule has 1 fully saturated rings. The number of nitrogen functional groups attached to an aromatic ring is 1. The molecule has 1 aromatic heterocycles. The van der Waals surface area contributed by atoms with Crippen LogP contribution in [-0.4, -0.2) is 51.2 Å². The molecule has 1 aliphatic heterocycles. The number of anilines is 1. The van der Waals surface area contributed by atoms with Crippen molar-refractivity contribution in [2.45, 2.75) is 11.1 Å². The Balaban J connectivity index is 2.04. The molecular formula is C10H17N3O2S2. The highest BCUT2D eigenvalue weighted by molar-refractivity contribution is 7.85. The molecule has 0 saturated carbocycles. The van der Waals surface area contributed by atoms with Crippen LogP contribution in [0.2, 0.25) is 0 Å². The molecule has 0 radical (unpaired) electrons. The van der Waals surface area contributed by atoms with Gasteiger partial charge in [-0.05, 0) is 6.54 Å². The molecule has 7 heteroatoms. The Kier molecular flexibility index (Phi) is 4.03. The van der Waals surface area contributed by atoms with Gasteiger partial charge in [-0.25, -0.2) is 8.51 Å². The van der Waals surface area contributed by atoms with Gasteiger partial charge in [0.25, 0.3) is 0 Å². The highest BCUT2D eigenvalue weighted by Gasteiger charge is 2.24. The van der Waals surface area contributed by atoms with Gasteiger partial charge in [0.2, 0.25) is 0 Å². The molecule has 0 aliphatic carbocycles. The second kappa shape index (κ2) is 5.34. The molecule has 1 unspecified atom stereocenters. The van der Waals surface area contributed by atoms with E-state index in [-0.39, 0.29) is 5.75 Å². The summed E-state index contributed by atoms with van der Waals surface area (Å²) in [6.07, 6.45) is 0. The summed E-state index contributed by atoms with van der Waals surface area (Å²) in [6.45, 7) is 6.51. The molecule has 0 amide bonds. The topological polar surface area (TPSA) is 69.8 Å². The Morgan fingerprint density at radius 3 is 2.59 bits per heavy atom. The quantitative estimate of drug-likeness (QED) is 0.852. The van der Waals surface area contributed by atoms with Gasteiger partial charge in [-0.2, -0.15) is 0 Å². The van der Waals surface area contributed by atoms with Crippen LogP contribution in [0.4, 0.5) is 5.69 Å². The molecule has 17 heavy (non-hydrogen) atoms. The van der Waals surface area contributed by atoms with E-state index in [0.717, 1.165) is 32.7 Å². The molecule has 3 N–H and O–H groups in total. The van der Waals surface area contributed by atoms with Gasteiger partial charge in [0.1, 0.15) is 11.0 Å². The van der Waals surface area contributed by atoms with Gasteiger partial charge in [0.15, 0.2) is 9.96 Å². The third-order valence-electron chi connectivity index (χ3n) is 2.93. The van der Waals surface area contributed by atoms with Crippen LogP contribution in [0.15, 0.2) is 9.59 Å². The maximum Gasteiger partial charge on any atom is 0.167 e. The molecule has 5 nitrogen and oxygen atoms in total. The van der Waals surface area contributed by atoms with Gasteiger partial charge >= 0.3 is 0 Å². The van der Waals surface area contributed by atoms with Crippen LogP contribution in [0, 0.1) is 0 Å². The van der Waals surface area contributed by atoms with Crippen molar-refractivity contribution in [1.29, 1.82) is 0 Å². The summed E-state index contributed by atoms with van der Waals surface area (Å²) in [5.41, 5.74) is 5.86. The number of nitrogens with zero attached hydrogens (tertiary/aromatic N) is 2. The van der Waals surface area contributed by atoms with E-state index in [1.807, 2.05) is 4.31 Å². The van der Waals surface area contributed by atoms with Gasteiger partial charge in [0, 0.05) is 31.6 Å². The van der Waals surface area contributed by atoms with Crippen LogP contribution in [0.25, 0.3) is 0 Å². The Hall–Kier alpha value is -0.630. The Morgan fingerprint density at radius 2 is 2.12 bits per heavy atom. The lowest BCUT2D eigenvalue weighted by Crippen LogP contribution is -2.46. The lowest BCUT2D eigenvalue weighted by Gasteiger charge is -2.32. The minimum atomic E-state index is -1.28. The fourth-order valence-corrected chi connectivity index (χ4v) is 4.18. The molecule has 0 aromatic carbocycles. The van der Waals surface area contributed by atoms with E-state index in [0.29, 0.717) is 9.90 Å². The number of aromatic hydroxyl groups is 1. The van der Waals surface area contributed by atoms with Gasteiger partial charge in [-0.3, -0.25) is 0 Å². The second-order valence-electron chi connectivity index (χ2n) is 3.94.